The van der Waals surface area contributed by atoms with Crippen molar-refractivity contribution in [3.05, 3.63) is 35.7 Å². The third-order valence-electron chi connectivity index (χ3n) is 2.48. The molecule has 0 saturated carbocycles. The molecule has 2 aromatic rings. The van der Waals surface area contributed by atoms with E-state index >= 15 is 0 Å². The van der Waals surface area contributed by atoms with Crippen molar-refractivity contribution >= 4 is 0 Å². The summed E-state index contributed by atoms with van der Waals surface area (Å²) in [5.41, 5.74) is 7.91. The molecule has 0 aliphatic heterocycles. The van der Waals surface area contributed by atoms with Crippen LogP contribution in [0.5, 0.6) is 5.75 Å². The SMILES string of the molecule is CCc1c(CN)nnn1-c1ccccc1O. The Balaban J connectivity index is 2.56. The summed E-state index contributed by atoms with van der Waals surface area (Å²) in [5.74, 6) is 0.186. The Morgan fingerprint density at radius 1 is 1.38 bits per heavy atom. The lowest BCUT2D eigenvalue weighted by molar-refractivity contribution is 0.469. The van der Waals surface area contributed by atoms with Crippen molar-refractivity contribution in [2.45, 2.75) is 19.9 Å². The highest BCUT2D eigenvalue weighted by Crippen LogP contribution is 2.22. The zero-order valence-electron chi connectivity index (χ0n) is 9.09. The van der Waals surface area contributed by atoms with Crippen molar-refractivity contribution in [2.24, 2.45) is 5.73 Å². The van der Waals surface area contributed by atoms with Gasteiger partial charge in [0.2, 0.25) is 0 Å². The molecule has 0 spiro atoms. The number of nitrogens with zero attached hydrogens (tertiary/aromatic N) is 3. The Morgan fingerprint density at radius 2 is 2.12 bits per heavy atom. The molecule has 0 amide bonds. The highest BCUT2D eigenvalue weighted by atomic mass is 16.3. The van der Waals surface area contributed by atoms with Crippen LogP contribution >= 0.6 is 0 Å². The monoisotopic (exact) mass is 218 g/mol. The standard InChI is InChI=1S/C11H14N4O/c1-2-9-8(7-12)13-14-15(9)10-5-3-4-6-11(10)16/h3-6,16H,2,7,12H2,1H3. The molecule has 0 bridgehead atoms. The average molecular weight is 218 g/mol. The largest absolute Gasteiger partial charge is 0.506 e. The van der Waals surface area contributed by atoms with Crippen LogP contribution in [0.4, 0.5) is 0 Å². The first-order valence-electron chi connectivity index (χ1n) is 5.19. The number of phenols is 1. The maximum Gasteiger partial charge on any atom is 0.141 e. The summed E-state index contributed by atoms with van der Waals surface area (Å²) < 4.78 is 1.64. The Hall–Kier alpha value is -1.88. The van der Waals surface area contributed by atoms with E-state index in [0.717, 1.165) is 17.8 Å². The number of phenolic OH excluding ortho intramolecular Hbond substituents is 1. The zero-order valence-corrected chi connectivity index (χ0v) is 9.09. The molecule has 5 nitrogen and oxygen atoms in total. The maximum atomic E-state index is 9.75. The smallest absolute Gasteiger partial charge is 0.141 e. The lowest BCUT2D eigenvalue weighted by atomic mass is 10.2. The molecule has 1 aromatic carbocycles. The van der Waals surface area contributed by atoms with Gasteiger partial charge in [0.05, 0.1) is 11.4 Å². The predicted molar refractivity (Wildman–Crippen MR) is 60.3 cm³/mol. The predicted octanol–water partition coefficient (Wildman–Crippen LogP) is 0.994. The zero-order chi connectivity index (χ0) is 11.5. The summed E-state index contributed by atoms with van der Waals surface area (Å²) in [6.45, 7) is 2.37. The molecule has 16 heavy (non-hydrogen) atoms. The number of rotatable bonds is 3. The highest BCUT2D eigenvalue weighted by Gasteiger charge is 2.13. The number of aromatic hydroxyl groups is 1. The Labute approximate surface area is 93.5 Å². The van der Waals surface area contributed by atoms with Crippen LogP contribution in [0, 0.1) is 0 Å². The maximum absolute atomic E-state index is 9.75. The lowest BCUT2D eigenvalue weighted by Crippen LogP contribution is -2.05. The number of hydrogen-bond donors (Lipinski definition) is 2. The van der Waals surface area contributed by atoms with Crippen LogP contribution in [0.2, 0.25) is 0 Å². The molecule has 0 atom stereocenters. The van der Waals surface area contributed by atoms with Crippen molar-refractivity contribution in [3.8, 4) is 11.4 Å². The first-order chi connectivity index (χ1) is 7.77. The lowest BCUT2D eigenvalue weighted by Gasteiger charge is -2.06. The third kappa shape index (κ3) is 1.65. The molecule has 84 valence electrons. The molecule has 0 fully saturated rings. The molecule has 1 aromatic heterocycles. The van der Waals surface area contributed by atoms with Gasteiger partial charge in [-0.2, -0.15) is 0 Å². The fourth-order valence-electron chi connectivity index (χ4n) is 1.68. The molecule has 0 aliphatic carbocycles. The number of benzene rings is 1. The first-order valence-corrected chi connectivity index (χ1v) is 5.19. The minimum absolute atomic E-state index is 0.186. The number of nitrogens with two attached hydrogens (primary N) is 1. The Bertz CT molecular complexity index is 492. The van der Waals surface area contributed by atoms with Gasteiger partial charge in [-0.1, -0.05) is 24.3 Å². The van der Waals surface area contributed by atoms with Crippen LogP contribution in [0.15, 0.2) is 24.3 Å². The fourth-order valence-corrected chi connectivity index (χ4v) is 1.68. The third-order valence-corrected chi connectivity index (χ3v) is 2.48. The molecule has 0 aliphatic rings. The minimum Gasteiger partial charge on any atom is -0.506 e. The topological polar surface area (TPSA) is 77.0 Å². The molecule has 0 unspecified atom stereocenters. The second-order valence-corrected chi connectivity index (χ2v) is 3.44. The van der Waals surface area contributed by atoms with Gasteiger partial charge < -0.3 is 10.8 Å². The van der Waals surface area contributed by atoms with E-state index in [1.165, 1.54) is 0 Å². The molecule has 0 radical (unpaired) electrons. The Kier molecular flexibility index (Phi) is 2.87. The summed E-state index contributed by atoms with van der Waals surface area (Å²) in [5, 5.41) is 17.8. The molecule has 1 heterocycles. The highest BCUT2D eigenvalue weighted by molar-refractivity contribution is 5.45. The van der Waals surface area contributed by atoms with Crippen LogP contribution in [0.25, 0.3) is 5.69 Å². The van der Waals surface area contributed by atoms with E-state index in [4.69, 9.17) is 5.73 Å². The van der Waals surface area contributed by atoms with E-state index < -0.39 is 0 Å². The van der Waals surface area contributed by atoms with Crippen LogP contribution < -0.4 is 5.73 Å². The van der Waals surface area contributed by atoms with E-state index in [1.54, 1.807) is 22.9 Å². The fraction of sp³-hybridized carbons (Fsp3) is 0.273. The number of hydrogen-bond acceptors (Lipinski definition) is 4. The molecule has 5 heteroatoms. The van der Waals surface area contributed by atoms with Gasteiger partial charge in [0, 0.05) is 6.54 Å². The van der Waals surface area contributed by atoms with Crippen molar-refractivity contribution < 1.29 is 5.11 Å². The second kappa shape index (κ2) is 4.32. The molecule has 2 rings (SSSR count). The van der Waals surface area contributed by atoms with Gasteiger partial charge in [-0.25, -0.2) is 4.68 Å². The van der Waals surface area contributed by atoms with E-state index in [-0.39, 0.29) is 5.75 Å². The summed E-state index contributed by atoms with van der Waals surface area (Å²) in [4.78, 5) is 0. The number of para-hydroxylation sites is 2. The quantitative estimate of drug-likeness (QED) is 0.805. The summed E-state index contributed by atoms with van der Waals surface area (Å²) in [6, 6.07) is 7.03. The molecule has 0 saturated heterocycles. The van der Waals surface area contributed by atoms with Gasteiger partial charge in [-0.3, -0.25) is 0 Å². The van der Waals surface area contributed by atoms with Crippen molar-refractivity contribution in [1.29, 1.82) is 0 Å². The van der Waals surface area contributed by atoms with E-state index in [1.807, 2.05) is 13.0 Å². The summed E-state index contributed by atoms with van der Waals surface area (Å²) >= 11 is 0. The second-order valence-electron chi connectivity index (χ2n) is 3.44. The molecular weight excluding hydrogens is 204 g/mol. The summed E-state index contributed by atoms with van der Waals surface area (Å²) in [7, 11) is 0. The first kappa shape index (κ1) is 10.6. The van der Waals surface area contributed by atoms with Gasteiger partial charge in [0.25, 0.3) is 0 Å². The van der Waals surface area contributed by atoms with Crippen molar-refractivity contribution in [1.82, 2.24) is 15.0 Å². The van der Waals surface area contributed by atoms with Crippen LogP contribution in [-0.2, 0) is 13.0 Å². The van der Waals surface area contributed by atoms with E-state index in [0.29, 0.717) is 12.2 Å². The molecule has 3 N–H and O–H groups in total. The van der Waals surface area contributed by atoms with Gasteiger partial charge in [-0.05, 0) is 18.6 Å². The minimum atomic E-state index is 0.186. The van der Waals surface area contributed by atoms with E-state index in [2.05, 4.69) is 10.3 Å². The van der Waals surface area contributed by atoms with Crippen LogP contribution in [0.3, 0.4) is 0 Å². The van der Waals surface area contributed by atoms with Gasteiger partial charge in [-0.15, -0.1) is 5.10 Å². The van der Waals surface area contributed by atoms with Crippen LogP contribution in [-0.4, -0.2) is 20.1 Å². The van der Waals surface area contributed by atoms with Gasteiger partial charge in [0.1, 0.15) is 11.4 Å². The number of aromatic nitrogens is 3. The average Bonchev–Trinajstić information content (AvgIpc) is 2.72. The van der Waals surface area contributed by atoms with E-state index in [9.17, 15) is 5.11 Å². The van der Waals surface area contributed by atoms with Crippen molar-refractivity contribution in [3.63, 3.8) is 0 Å². The summed E-state index contributed by atoms with van der Waals surface area (Å²) in [6.07, 6.45) is 0.772. The van der Waals surface area contributed by atoms with Crippen molar-refractivity contribution in [2.75, 3.05) is 0 Å². The Morgan fingerprint density at radius 3 is 2.75 bits per heavy atom. The molecular formula is C11H14N4O. The van der Waals surface area contributed by atoms with Gasteiger partial charge >= 0.3 is 0 Å². The normalized spacial score (nSPS) is 10.6. The van der Waals surface area contributed by atoms with Gasteiger partial charge in [0.15, 0.2) is 0 Å². The van der Waals surface area contributed by atoms with Crippen LogP contribution in [0.1, 0.15) is 18.3 Å².